The van der Waals surface area contributed by atoms with E-state index in [-0.39, 0.29) is 24.3 Å². The van der Waals surface area contributed by atoms with Gasteiger partial charge in [0, 0.05) is 38.2 Å². The Hall–Kier alpha value is -4.20. The van der Waals surface area contributed by atoms with Crippen molar-refractivity contribution in [1.29, 1.82) is 0 Å². The number of aromatic nitrogens is 1. The molecular weight excluding hydrogens is 468 g/mol. The Morgan fingerprint density at radius 2 is 1.92 bits per heavy atom. The van der Waals surface area contributed by atoms with Crippen LogP contribution in [0.25, 0.3) is 0 Å². The Kier molecular flexibility index (Phi) is 5.67. The quantitative estimate of drug-likeness (QED) is 0.517. The van der Waals surface area contributed by atoms with E-state index < -0.39 is 11.5 Å². The van der Waals surface area contributed by atoms with E-state index >= 15 is 0 Å². The smallest absolute Gasteiger partial charge is 0.255 e. The maximum Gasteiger partial charge on any atom is 0.255 e. The van der Waals surface area contributed by atoms with Gasteiger partial charge in [-0.05, 0) is 54.3 Å². The minimum atomic E-state index is -1.02. The molecule has 0 aliphatic carbocycles. The first-order valence-corrected chi connectivity index (χ1v) is 12.6. The van der Waals surface area contributed by atoms with Crippen molar-refractivity contribution in [1.82, 2.24) is 14.8 Å². The lowest BCUT2D eigenvalue weighted by molar-refractivity contribution is -0.131. The van der Waals surface area contributed by atoms with E-state index in [1.54, 1.807) is 46.3 Å². The second-order valence-corrected chi connectivity index (χ2v) is 9.86. The fourth-order valence-corrected chi connectivity index (χ4v) is 6.03. The van der Waals surface area contributed by atoms with Gasteiger partial charge in [0.1, 0.15) is 17.7 Å². The molecule has 2 aromatic carbocycles. The second-order valence-electron chi connectivity index (χ2n) is 9.86. The van der Waals surface area contributed by atoms with Gasteiger partial charge in [0.05, 0.1) is 18.2 Å². The lowest BCUT2D eigenvalue weighted by Crippen LogP contribution is -2.48. The lowest BCUT2D eigenvalue weighted by Gasteiger charge is -2.35. The minimum Gasteiger partial charge on any atom is -0.494 e. The summed E-state index contributed by atoms with van der Waals surface area (Å²) in [5, 5.41) is 0. The summed E-state index contributed by atoms with van der Waals surface area (Å²) in [5.74, 6) is 0.218. The normalized spacial score (nSPS) is 23.3. The SMILES string of the molecule is CN1CCCOc2cccc(c2)[C@@H]2N(C(=O)c3cccnc3)CC[C@]23C(=O)N(CC1=O)c1ccccc13. The van der Waals surface area contributed by atoms with Crippen molar-refractivity contribution >= 4 is 23.4 Å². The Bertz CT molecular complexity index is 1380. The summed E-state index contributed by atoms with van der Waals surface area (Å²) >= 11 is 0. The molecule has 3 amide bonds. The van der Waals surface area contributed by atoms with Gasteiger partial charge < -0.3 is 19.4 Å². The van der Waals surface area contributed by atoms with Crippen LogP contribution in [0.3, 0.4) is 0 Å². The van der Waals surface area contributed by atoms with Gasteiger partial charge in [0.2, 0.25) is 11.8 Å². The molecule has 4 heterocycles. The number of benzene rings is 2. The maximum absolute atomic E-state index is 14.5. The van der Waals surface area contributed by atoms with Crippen molar-refractivity contribution < 1.29 is 19.1 Å². The minimum absolute atomic E-state index is 0.0434. The first-order chi connectivity index (χ1) is 18.0. The summed E-state index contributed by atoms with van der Waals surface area (Å²) in [4.78, 5) is 50.6. The third kappa shape index (κ3) is 3.66. The second kappa shape index (κ2) is 9.03. The molecule has 2 atom stereocenters. The molecule has 3 aliphatic rings. The highest BCUT2D eigenvalue weighted by Crippen LogP contribution is 2.57. The molecule has 8 heteroatoms. The van der Waals surface area contributed by atoms with Crippen LogP contribution in [0.15, 0.2) is 73.1 Å². The molecule has 0 unspecified atom stereocenters. The van der Waals surface area contributed by atoms with Crippen LogP contribution in [0.1, 0.15) is 40.4 Å². The van der Waals surface area contributed by atoms with Crippen LogP contribution in [0.5, 0.6) is 5.75 Å². The molecule has 4 bridgehead atoms. The van der Waals surface area contributed by atoms with Crippen molar-refractivity contribution in [2.24, 2.45) is 0 Å². The number of amides is 3. The van der Waals surface area contributed by atoms with Gasteiger partial charge in [-0.15, -0.1) is 0 Å². The number of anilines is 1. The topological polar surface area (TPSA) is 83.1 Å². The van der Waals surface area contributed by atoms with Crippen molar-refractivity contribution in [3.8, 4) is 5.75 Å². The van der Waals surface area contributed by atoms with Crippen LogP contribution < -0.4 is 9.64 Å². The number of pyridine rings is 1. The number of hydrogen-bond acceptors (Lipinski definition) is 5. The van der Waals surface area contributed by atoms with E-state index in [4.69, 9.17) is 4.74 Å². The summed E-state index contributed by atoms with van der Waals surface area (Å²) < 4.78 is 6.03. The number of para-hydroxylation sites is 1. The van der Waals surface area contributed by atoms with E-state index in [0.717, 1.165) is 16.8 Å². The van der Waals surface area contributed by atoms with Gasteiger partial charge in [-0.2, -0.15) is 0 Å². The van der Waals surface area contributed by atoms with Crippen LogP contribution >= 0.6 is 0 Å². The largest absolute Gasteiger partial charge is 0.494 e. The van der Waals surface area contributed by atoms with E-state index in [1.807, 2.05) is 48.5 Å². The summed E-state index contributed by atoms with van der Waals surface area (Å²) in [5.41, 5.74) is 1.87. The number of nitrogens with zero attached hydrogens (tertiary/aromatic N) is 4. The molecule has 188 valence electrons. The first-order valence-electron chi connectivity index (χ1n) is 12.6. The van der Waals surface area contributed by atoms with Crippen molar-refractivity contribution in [3.63, 3.8) is 0 Å². The summed E-state index contributed by atoms with van der Waals surface area (Å²) in [7, 11) is 1.75. The van der Waals surface area contributed by atoms with Gasteiger partial charge in [0.15, 0.2) is 0 Å². The molecule has 6 rings (SSSR count). The number of likely N-dealkylation sites (tertiary alicyclic amines) is 1. The number of likely N-dealkylation sites (N-methyl/N-ethyl adjacent to an activating group) is 1. The molecular formula is C29H28N4O4. The van der Waals surface area contributed by atoms with Gasteiger partial charge in [-0.1, -0.05) is 30.3 Å². The first kappa shape index (κ1) is 23.2. The van der Waals surface area contributed by atoms with Crippen LogP contribution in [0.2, 0.25) is 0 Å². The van der Waals surface area contributed by atoms with E-state index in [9.17, 15) is 14.4 Å². The third-order valence-electron chi connectivity index (χ3n) is 7.80. The average molecular weight is 497 g/mol. The number of ether oxygens (including phenoxy) is 1. The molecule has 8 nitrogen and oxygen atoms in total. The van der Waals surface area contributed by atoms with Gasteiger partial charge >= 0.3 is 0 Å². The molecule has 0 N–H and O–H groups in total. The molecule has 0 radical (unpaired) electrons. The summed E-state index contributed by atoms with van der Waals surface area (Å²) in [6, 6.07) is 18.3. The monoisotopic (exact) mass is 496 g/mol. The molecule has 3 aromatic rings. The van der Waals surface area contributed by atoms with Crippen LogP contribution in [-0.4, -0.2) is 65.8 Å². The highest BCUT2D eigenvalue weighted by molar-refractivity contribution is 6.12. The van der Waals surface area contributed by atoms with Gasteiger partial charge in [0.25, 0.3) is 5.91 Å². The number of fused-ring (bicyclic) bond motifs is 6. The lowest BCUT2D eigenvalue weighted by atomic mass is 9.72. The van der Waals surface area contributed by atoms with Crippen LogP contribution in [-0.2, 0) is 15.0 Å². The Balaban J connectivity index is 1.55. The predicted molar refractivity (Wildman–Crippen MR) is 137 cm³/mol. The third-order valence-corrected chi connectivity index (χ3v) is 7.80. The molecule has 1 fully saturated rings. The highest BCUT2D eigenvalue weighted by atomic mass is 16.5. The Morgan fingerprint density at radius 1 is 1.05 bits per heavy atom. The van der Waals surface area contributed by atoms with E-state index in [1.165, 1.54) is 0 Å². The zero-order chi connectivity index (χ0) is 25.6. The number of rotatable bonds is 1. The summed E-state index contributed by atoms with van der Waals surface area (Å²) in [6.45, 7) is 1.34. The standard InChI is InChI=1S/C29H28N4O4/c1-31-14-6-16-37-22-9-4-7-20(17-22)26-29(12-15-32(26)27(35)21-8-5-13-30-18-21)23-10-2-3-11-24(23)33(28(29)36)19-25(31)34/h2-5,7-11,13,17-18,26H,6,12,14-16,19H2,1H3/t26-,29+/m0/s1. The zero-order valence-electron chi connectivity index (χ0n) is 20.7. The predicted octanol–water partition coefficient (Wildman–Crippen LogP) is 3.19. The van der Waals surface area contributed by atoms with Crippen molar-refractivity contribution in [2.45, 2.75) is 24.3 Å². The van der Waals surface area contributed by atoms with E-state index in [2.05, 4.69) is 4.98 Å². The fraction of sp³-hybridized carbons (Fsp3) is 0.310. The van der Waals surface area contributed by atoms with Crippen LogP contribution in [0.4, 0.5) is 5.69 Å². The molecule has 1 aromatic heterocycles. The van der Waals surface area contributed by atoms with Gasteiger partial charge in [-0.3, -0.25) is 19.4 Å². The Morgan fingerprint density at radius 3 is 2.76 bits per heavy atom. The van der Waals surface area contributed by atoms with Gasteiger partial charge in [-0.25, -0.2) is 0 Å². The molecule has 1 spiro atoms. The molecule has 3 aliphatic heterocycles. The summed E-state index contributed by atoms with van der Waals surface area (Å²) in [6.07, 6.45) is 4.30. The maximum atomic E-state index is 14.5. The molecule has 37 heavy (non-hydrogen) atoms. The van der Waals surface area contributed by atoms with E-state index in [0.29, 0.717) is 43.9 Å². The number of carbonyl (C=O) groups is 3. The number of hydrogen-bond donors (Lipinski definition) is 0. The molecule has 0 saturated carbocycles. The molecule has 1 saturated heterocycles. The van der Waals surface area contributed by atoms with Crippen LogP contribution in [0, 0.1) is 0 Å². The fourth-order valence-electron chi connectivity index (χ4n) is 6.03. The average Bonchev–Trinajstić information content (AvgIpc) is 3.44. The zero-order valence-corrected chi connectivity index (χ0v) is 20.7. The Labute approximate surface area is 215 Å². The van der Waals surface area contributed by atoms with Crippen molar-refractivity contribution in [2.75, 3.05) is 38.2 Å². The highest BCUT2D eigenvalue weighted by Gasteiger charge is 2.61. The van der Waals surface area contributed by atoms with Crippen molar-refractivity contribution in [3.05, 3.63) is 89.7 Å². The number of carbonyl (C=O) groups excluding carboxylic acids is 3.